The zero-order valence-electron chi connectivity index (χ0n) is 10.4. The quantitative estimate of drug-likeness (QED) is 0.908. The summed E-state index contributed by atoms with van der Waals surface area (Å²) >= 11 is 0. The molecule has 0 fully saturated rings. The minimum Gasteiger partial charge on any atom is -0.481 e. The molecule has 2 unspecified atom stereocenters. The number of hydrogen-bond acceptors (Lipinski definition) is 3. The van der Waals surface area contributed by atoms with Gasteiger partial charge in [0.25, 0.3) is 0 Å². The molecule has 2 rings (SSSR count). The van der Waals surface area contributed by atoms with Crippen molar-refractivity contribution in [2.45, 2.75) is 31.1 Å². The topological polar surface area (TPSA) is 71.4 Å². The molecule has 18 heavy (non-hydrogen) atoms. The fraction of sp³-hybridized carbons (Fsp3) is 0.462. The van der Waals surface area contributed by atoms with Gasteiger partial charge in [-0.05, 0) is 23.5 Å². The van der Waals surface area contributed by atoms with E-state index in [0.29, 0.717) is 10.5 Å². The van der Waals surface area contributed by atoms with Gasteiger partial charge in [-0.1, -0.05) is 32.0 Å². The van der Waals surface area contributed by atoms with E-state index >= 15 is 0 Å². The molecule has 1 aromatic carbocycles. The zero-order chi connectivity index (χ0) is 13.5. The lowest BCUT2D eigenvalue weighted by atomic mass is 9.96. The maximum absolute atomic E-state index is 12.1. The Bertz CT molecular complexity index is 589. The second-order valence-corrected chi connectivity index (χ2v) is 6.93. The van der Waals surface area contributed by atoms with Crippen molar-refractivity contribution < 1.29 is 18.3 Å². The van der Waals surface area contributed by atoms with Crippen LogP contribution < -0.4 is 0 Å². The Labute approximate surface area is 107 Å². The molecule has 0 aliphatic carbocycles. The van der Waals surface area contributed by atoms with Gasteiger partial charge < -0.3 is 5.11 Å². The Balaban J connectivity index is 2.49. The van der Waals surface area contributed by atoms with Gasteiger partial charge >= 0.3 is 5.97 Å². The summed E-state index contributed by atoms with van der Waals surface area (Å²) in [4.78, 5) is 11.2. The molecule has 1 heterocycles. The molecule has 1 aliphatic heterocycles. The third kappa shape index (κ3) is 2.14. The van der Waals surface area contributed by atoms with Gasteiger partial charge in [-0.2, -0.15) is 0 Å². The fourth-order valence-corrected chi connectivity index (χ4v) is 4.64. The summed E-state index contributed by atoms with van der Waals surface area (Å²) in [5, 5.41) is 8.92. The lowest BCUT2D eigenvalue weighted by molar-refractivity contribution is -0.141. The molecule has 0 radical (unpaired) electrons. The van der Waals surface area contributed by atoms with Crippen molar-refractivity contribution in [3.8, 4) is 0 Å². The van der Waals surface area contributed by atoms with Gasteiger partial charge in [0.05, 0.1) is 16.6 Å². The van der Waals surface area contributed by atoms with Gasteiger partial charge in [0.15, 0.2) is 9.84 Å². The van der Waals surface area contributed by atoms with E-state index in [4.69, 9.17) is 5.11 Å². The van der Waals surface area contributed by atoms with Crippen LogP contribution in [0.15, 0.2) is 23.1 Å². The lowest BCUT2D eigenvalue weighted by Gasteiger charge is -2.11. The second-order valence-electron chi connectivity index (χ2n) is 4.96. The van der Waals surface area contributed by atoms with Crippen LogP contribution in [0.2, 0.25) is 0 Å². The molecule has 1 aromatic rings. The smallest absolute Gasteiger partial charge is 0.306 e. The molecule has 1 aliphatic rings. The first-order valence-corrected chi connectivity index (χ1v) is 7.55. The van der Waals surface area contributed by atoms with Gasteiger partial charge in [0.1, 0.15) is 0 Å². The predicted molar refractivity (Wildman–Crippen MR) is 67.4 cm³/mol. The van der Waals surface area contributed by atoms with E-state index in [0.717, 1.165) is 5.56 Å². The van der Waals surface area contributed by atoms with Gasteiger partial charge in [-0.3, -0.25) is 4.79 Å². The van der Waals surface area contributed by atoms with Crippen LogP contribution >= 0.6 is 0 Å². The molecule has 98 valence electrons. The highest BCUT2D eigenvalue weighted by Crippen LogP contribution is 2.37. The molecule has 2 atom stereocenters. The Morgan fingerprint density at radius 1 is 1.50 bits per heavy atom. The largest absolute Gasteiger partial charge is 0.481 e. The van der Waals surface area contributed by atoms with E-state index in [2.05, 4.69) is 0 Å². The summed E-state index contributed by atoms with van der Waals surface area (Å²) in [5.74, 6) is -1.37. The second kappa shape index (κ2) is 4.39. The number of carboxylic acids is 1. The van der Waals surface area contributed by atoms with Crippen molar-refractivity contribution in [1.82, 2.24) is 0 Å². The Hall–Kier alpha value is -1.36. The minimum absolute atomic E-state index is 0.00918. The molecular formula is C13H16O4S. The van der Waals surface area contributed by atoms with Crippen molar-refractivity contribution in [3.63, 3.8) is 0 Å². The fourth-order valence-electron chi connectivity index (χ4n) is 2.45. The first-order chi connectivity index (χ1) is 8.33. The number of fused-ring (bicyclic) bond motifs is 1. The summed E-state index contributed by atoms with van der Waals surface area (Å²) in [5.41, 5.74) is 1.46. The zero-order valence-corrected chi connectivity index (χ0v) is 11.2. The molecule has 4 nitrogen and oxygen atoms in total. The summed E-state index contributed by atoms with van der Waals surface area (Å²) in [6.07, 6.45) is 0.254. The maximum atomic E-state index is 12.1. The monoisotopic (exact) mass is 268 g/mol. The number of hydrogen-bond donors (Lipinski definition) is 1. The van der Waals surface area contributed by atoms with Crippen molar-refractivity contribution >= 4 is 15.8 Å². The molecule has 0 aromatic heterocycles. The van der Waals surface area contributed by atoms with Crippen molar-refractivity contribution in [2.75, 3.05) is 5.75 Å². The minimum atomic E-state index is -3.25. The molecule has 5 heteroatoms. The highest BCUT2D eigenvalue weighted by atomic mass is 32.2. The van der Waals surface area contributed by atoms with E-state index in [-0.39, 0.29) is 18.1 Å². The van der Waals surface area contributed by atoms with Crippen LogP contribution in [0, 0.1) is 5.92 Å². The van der Waals surface area contributed by atoms with E-state index in [1.165, 1.54) is 0 Å². The van der Waals surface area contributed by atoms with E-state index in [1.54, 1.807) is 19.1 Å². The summed E-state index contributed by atoms with van der Waals surface area (Å²) in [6, 6.07) is 5.34. The number of sulfone groups is 1. The van der Waals surface area contributed by atoms with Crippen LogP contribution in [0.25, 0.3) is 0 Å². The van der Waals surface area contributed by atoms with Crippen molar-refractivity contribution in [2.24, 2.45) is 5.92 Å². The van der Waals surface area contributed by atoms with Crippen LogP contribution in [-0.4, -0.2) is 25.2 Å². The predicted octanol–water partition coefficient (Wildman–Crippen LogP) is 1.84. The summed E-state index contributed by atoms with van der Waals surface area (Å²) < 4.78 is 24.2. The number of aliphatic carboxylic acids is 1. The Kier molecular flexibility index (Phi) is 3.19. The third-order valence-electron chi connectivity index (χ3n) is 3.39. The first-order valence-electron chi connectivity index (χ1n) is 5.90. The average molecular weight is 268 g/mol. The highest BCUT2D eigenvalue weighted by Gasteiger charge is 2.34. The standard InChI is InChI=1S/C13H16O4S/c1-8(13(14)15)6-10-4-3-5-11-9(2)7-18(16,17)12(10)11/h3-5,8-9H,6-7H2,1-2H3,(H,14,15). The van der Waals surface area contributed by atoms with Crippen LogP contribution in [0.1, 0.15) is 30.9 Å². The third-order valence-corrected chi connectivity index (χ3v) is 5.44. The van der Waals surface area contributed by atoms with Crippen LogP contribution in [0.5, 0.6) is 0 Å². The van der Waals surface area contributed by atoms with E-state index in [1.807, 2.05) is 13.0 Å². The van der Waals surface area contributed by atoms with E-state index in [9.17, 15) is 13.2 Å². The maximum Gasteiger partial charge on any atom is 0.306 e. The molecular weight excluding hydrogens is 252 g/mol. The molecule has 1 N–H and O–H groups in total. The number of carboxylic acid groups (broad SMARTS) is 1. The summed E-state index contributed by atoms with van der Waals surface area (Å²) in [6.45, 7) is 3.47. The normalized spacial score (nSPS) is 22.4. The molecule has 0 amide bonds. The SMILES string of the molecule is CC(Cc1cccc2c1S(=O)(=O)CC2C)C(=O)O. The van der Waals surface area contributed by atoms with Crippen molar-refractivity contribution in [1.29, 1.82) is 0 Å². The van der Waals surface area contributed by atoms with Gasteiger partial charge in [0.2, 0.25) is 0 Å². The van der Waals surface area contributed by atoms with Crippen molar-refractivity contribution in [3.05, 3.63) is 29.3 Å². The Morgan fingerprint density at radius 3 is 2.78 bits per heavy atom. The number of carbonyl (C=O) groups is 1. The summed E-state index contributed by atoms with van der Waals surface area (Å²) in [7, 11) is -3.25. The molecule has 0 bridgehead atoms. The van der Waals surface area contributed by atoms with Gasteiger partial charge in [-0.25, -0.2) is 8.42 Å². The van der Waals surface area contributed by atoms with E-state index < -0.39 is 21.7 Å². The van der Waals surface area contributed by atoms with Gasteiger partial charge in [0, 0.05) is 0 Å². The highest BCUT2D eigenvalue weighted by molar-refractivity contribution is 7.91. The first kappa shape index (κ1) is 13.1. The van der Waals surface area contributed by atoms with Crippen LogP contribution in [-0.2, 0) is 21.1 Å². The number of benzene rings is 1. The number of rotatable bonds is 3. The molecule has 0 saturated carbocycles. The van der Waals surface area contributed by atoms with Crippen LogP contribution in [0.4, 0.5) is 0 Å². The Morgan fingerprint density at radius 2 is 2.17 bits per heavy atom. The molecule has 0 spiro atoms. The molecule has 0 saturated heterocycles. The average Bonchev–Trinajstić information content (AvgIpc) is 2.50. The lowest BCUT2D eigenvalue weighted by Crippen LogP contribution is -2.14. The van der Waals surface area contributed by atoms with Gasteiger partial charge in [-0.15, -0.1) is 0 Å². The van der Waals surface area contributed by atoms with Crippen LogP contribution in [0.3, 0.4) is 0 Å².